The molecule has 31 heavy (non-hydrogen) atoms. The van der Waals surface area contributed by atoms with Crippen molar-refractivity contribution in [2.24, 2.45) is 5.92 Å². The van der Waals surface area contributed by atoms with Gasteiger partial charge < -0.3 is 15.0 Å². The van der Waals surface area contributed by atoms with Crippen LogP contribution in [0.4, 0.5) is 0 Å². The van der Waals surface area contributed by atoms with Crippen LogP contribution in [0.1, 0.15) is 38.3 Å². The summed E-state index contributed by atoms with van der Waals surface area (Å²) in [4.78, 5) is 27.4. The molecular formula is C25H34N2O3S. The van der Waals surface area contributed by atoms with Crippen molar-refractivity contribution in [1.29, 1.82) is 0 Å². The molecule has 2 rings (SSSR count). The Morgan fingerprint density at radius 3 is 2.29 bits per heavy atom. The second-order valence-corrected chi connectivity index (χ2v) is 9.08. The number of methoxy groups -OCH3 is 1. The first kappa shape index (κ1) is 24.8. The molecule has 0 aliphatic carbocycles. The van der Waals surface area contributed by atoms with Crippen LogP contribution >= 0.6 is 11.8 Å². The van der Waals surface area contributed by atoms with Crippen molar-refractivity contribution in [3.8, 4) is 5.75 Å². The molecule has 1 unspecified atom stereocenters. The molecule has 1 atom stereocenters. The summed E-state index contributed by atoms with van der Waals surface area (Å²) in [6.45, 7) is 6.89. The number of carbonyl (C=O) groups excluding carboxylic acids is 2. The standard InChI is InChI=1S/C25H34N2O3S/c1-19(2)16-26-25(29)20(3)27(17-21-10-12-23(30-4)13-11-21)24(28)14-15-31-18-22-8-6-5-7-9-22/h5-13,19-20H,14-18H2,1-4H3,(H,26,29). The van der Waals surface area contributed by atoms with Gasteiger partial charge in [-0.15, -0.1) is 0 Å². The minimum Gasteiger partial charge on any atom is -0.497 e. The van der Waals surface area contributed by atoms with Crippen LogP contribution in [-0.2, 0) is 21.9 Å². The van der Waals surface area contributed by atoms with Gasteiger partial charge in [0.1, 0.15) is 11.8 Å². The molecule has 168 valence electrons. The monoisotopic (exact) mass is 442 g/mol. The second kappa shape index (κ2) is 13.1. The lowest BCUT2D eigenvalue weighted by Crippen LogP contribution is -2.48. The number of carbonyl (C=O) groups is 2. The van der Waals surface area contributed by atoms with E-state index in [9.17, 15) is 9.59 Å². The van der Waals surface area contributed by atoms with E-state index in [4.69, 9.17) is 4.74 Å². The molecule has 0 aromatic heterocycles. The van der Waals surface area contributed by atoms with Crippen LogP contribution in [0.2, 0.25) is 0 Å². The van der Waals surface area contributed by atoms with Crippen LogP contribution < -0.4 is 10.1 Å². The molecule has 0 bridgehead atoms. The highest BCUT2D eigenvalue weighted by Crippen LogP contribution is 2.18. The van der Waals surface area contributed by atoms with E-state index in [2.05, 4.69) is 31.3 Å². The number of hydrogen-bond donors (Lipinski definition) is 1. The molecule has 0 spiro atoms. The second-order valence-electron chi connectivity index (χ2n) is 7.97. The lowest BCUT2D eigenvalue weighted by atomic mass is 10.1. The zero-order valence-electron chi connectivity index (χ0n) is 19.0. The molecule has 0 radical (unpaired) electrons. The molecule has 0 aliphatic heterocycles. The Hall–Kier alpha value is -2.47. The minimum atomic E-state index is -0.535. The summed E-state index contributed by atoms with van der Waals surface area (Å²) in [5.74, 6) is 2.58. The first-order valence-electron chi connectivity index (χ1n) is 10.7. The maximum absolute atomic E-state index is 13.1. The molecule has 0 saturated carbocycles. The third kappa shape index (κ3) is 8.66. The number of amides is 2. The molecule has 0 heterocycles. The summed E-state index contributed by atoms with van der Waals surface area (Å²) >= 11 is 1.73. The van der Waals surface area contributed by atoms with Crippen molar-refractivity contribution in [3.05, 3.63) is 65.7 Å². The SMILES string of the molecule is COc1ccc(CN(C(=O)CCSCc2ccccc2)C(C)C(=O)NCC(C)C)cc1. The molecule has 5 nitrogen and oxygen atoms in total. The Labute approximate surface area is 190 Å². The lowest BCUT2D eigenvalue weighted by Gasteiger charge is -2.29. The summed E-state index contributed by atoms with van der Waals surface area (Å²) in [5, 5.41) is 2.95. The van der Waals surface area contributed by atoms with Crippen molar-refractivity contribution < 1.29 is 14.3 Å². The third-order valence-corrected chi connectivity index (χ3v) is 5.97. The van der Waals surface area contributed by atoms with Gasteiger partial charge in [-0.05, 0) is 36.1 Å². The quantitative estimate of drug-likeness (QED) is 0.492. The van der Waals surface area contributed by atoms with Gasteiger partial charge in [0.2, 0.25) is 11.8 Å². The summed E-state index contributed by atoms with van der Waals surface area (Å²) in [6, 6.07) is 17.3. The predicted molar refractivity (Wildman–Crippen MR) is 128 cm³/mol. The van der Waals surface area contributed by atoms with E-state index in [0.717, 1.165) is 17.1 Å². The zero-order chi connectivity index (χ0) is 22.6. The van der Waals surface area contributed by atoms with Crippen molar-refractivity contribution in [2.45, 2.75) is 45.5 Å². The van der Waals surface area contributed by atoms with Crippen LogP contribution in [-0.4, -0.2) is 42.2 Å². The number of benzene rings is 2. The maximum Gasteiger partial charge on any atom is 0.242 e. The minimum absolute atomic E-state index is 0.0106. The number of rotatable bonds is 12. The first-order valence-corrected chi connectivity index (χ1v) is 11.9. The molecule has 0 saturated heterocycles. The van der Waals surface area contributed by atoms with Crippen LogP contribution in [0.25, 0.3) is 0 Å². The molecular weight excluding hydrogens is 408 g/mol. The van der Waals surface area contributed by atoms with E-state index in [1.165, 1.54) is 5.56 Å². The van der Waals surface area contributed by atoms with Gasteiger partial charge >= 0.3 is 0 Å². The fraction of sp³-hybridized carbons (Fsp3) is 0.440. The van der Waals surface area contributed by atoms with Crippen LogP contribution in [0.3, 0.4) is 0 Å². The van der Waals surface area contributed by atoms with Crippen LogP contribution in [0.5, 0.6) is 5.75 Å². The summed E-state index contributed by atoms with van der Waals surface area (Å²) in [6.07, 6.45) is 0.398. The van der Waals surface area contributed by atoms with Gasteiger partial charge in [-0.25, -0.2) is 0 Å². The van der Waals surface area contributed by atoms with Crippen molar-refractivity contribution in [3.63, 3.8) is 0 Å². The number of ether oxygens (including phenoxy) is 1. The summed E-state index contributed by atoms with van der Waals surface area (Å²) in [7, 11) is 1.62. The van der Waals surface area contributed by atoms with Crippen molar-refractivity contribution in [2.75, 3.05) is 19.4 Å². The predicted octanol–water partition coefficient (Wildman–Crippen LogP) is 4.51. The molecule has 1 N–H and O–H groups in total. The van der Waals surface area contributed by atoms with Gasteiger partial charge in [0.05, 0.1) is 7.11 Å². The van der Waals surface area contributed by atoms with Gasteiger partial charge in [0.15, 0.2) is 0 Å². The normalized spacial score (nSPS) is 11.8. The maximum atomic E-state index is 13.1. The Balaban J connectivity index is 2.00. The van der Waals surface area contributed by atoms with E-state index in [1.807, 2.05) is 42.5 Å². The topological polar surface area (TPSA) is 58.6 Å². The van der Waals surface area contributed by atoms with Crippen molar-refractivity contribution in [1.82, 2.24) is 10.2 Å². The highest BCUT2D eigenvalue weighted by molar-refractivity contribution is 7.98. The molecule has 2 aromatic rings. The lowest BCUT2D eigenvalue weighted by molar-refractivity contribution is -0.140. The van der Waals surface area contributed by atoms with Gasteiger partial charge in [-0.2, -0.15) is 11.8 Å². The average molecular weight is 443 g/mol. The zero-order valence-corrected chi connectivity index (χ0v) is 19.8. The number of thioether (sulfide) groups is 1. The van der Waals surface area contributed by atoms with E-state index in [-0.39, 0.29) is 11.8 Å². The van der Waals surface area contributed by atoms with Crippen LogP contribution in [0.15, 0.2) is 54.6 Å². The Morgan fingerprint density at radius 2 is 1.68 bits per heavy atom. The molecule has 0 aliphatic rings. The number of nitrogens with zero attached hydrogens (tertiary/aromatic N) is 1. The Kier molecular flexibility index (Phi) is 10.4. The summed E-state index contributed by atoms with van der Waals surface area (Å²) in [5.41, 5.74) is 2.21. The molecule has 2 aromatic carbocycles. The Morgan fingerprint density at radius 1 is 1.00 bits per heavy atom. The molecule has 2 amide bonds. The average Bonchev–Trinajstić information content (AvgIpc) is 2.79. The van der Waals surface area contributed by atoms with E-state index < -0.39 is 6.04 Å². The van der Waals surface area contributed by atoms with Gasteiger partial charge in [0, 0.05) is 31.0 Å². The number of nitrogens with one attached hydrogen (secondary N) is 1. The number of hydrogen-bond acceptors (Lipinski definition) is 4. The van der Waals surface area contributed by atoms with Gasteiger partial charge in [-0.1, -0.05) is 56.3 Å². The largest absolute Gasteiger partial charge is 0.497 e. The van der Waals surface area contributed by atoms with Crippen LogP contribution in [0, 0.1) is 5.92 Å². The van der Waals surface area contributed by atoms with E-state index in [0.29, 0.717) is 31.2 Å². The fourth-order valence-corrected chi connectivity index (χ4v) is 3.92. The smallest absolute Gasteiger partial charge is 0.242 e. The van der Waals surface area contributed by atoms with Gasteiger partial charge in [-0.3, -0.25) is 9.59 Å². The van der Waals surface area contributed by atoms with Crippen molar-refractivity contribution >= 4 is 23.6 Å². The van der Waals surface area contributed by atoms with E-state index >= 15 is 0 Å². The first-order chi connectivity index (χ1) is 14.9. The molecule has 6 heteroatoms. The highest BCUT2D eigenvalue weighted by atomic mass is 32.2. The highest BCUT2D eigenvalue weighted by Gasteiger charge is 2.25. The fourth-order valence-electron chi connectivity index (χ4n) is 3.03. The Bertz CT molecular complexity index is 809. The third-order valence-electron chi connectivity index (χ3n) is 4.94. The summed E-state index contributed by atoms with van der Waals surface area (Å²) < 4.78 is 5.22. The molecule has 0 fully saturated rings. The van der Waals surface area contributed by atoms with E-state index in [1.54, 1.807) is 30.7 Å². The van der Waals surface area contributed by atoms with Gasteiger partial charge in [0.25, 0.3) is 0 Å².